The highest BCUT2D eigenvalue weighted by Crippen LogP contribution is 2.33. The topological polar surface area (TPSA) is 105 Å². The number of benzene rings is 1. The van der Waals surface area contributed by atoms with Crippen LogP contribution in [0.25, 0.3) is 0 Å². The van der Waals surface area contributed by atoms with Crippen molar-refractivity contribution in [3.63, 3.8) is 0 Å². The van der Waals surface area contributed by atoms with Crippen molar-refractivity contribution in [2.24, 2.45) is 0 Å². The first-order valence-corrected chi connectivity index (χ1v) is 12.8. The lowest BCUT2D eigenvalue weighted by molar-refractivity contribution is -0.119. The van der Waals surface area contributed by atoms with E-state index in [1.54, 1.807) is 7.11 Å². The number of aromatic nitrogens is 3. The molecule has 2 N–H and O–H groups in total. The predicted octanol–water partition coefficient (Wildman–Crippen LogP) is 4.45. The summed E-state index contributed by atoms with van der Waals surface area (Å²) in [5.41, 5.74) is 0.264. The van der Waals surface area contributed by atoms with E-state index in [0.717, 1.165) is 60.9 Å². The van der Waals surface area contributed by atoms with Gasteiger partial charge in [0.25, 0.3) is 0 Å². The Morgan fingerprint density at radius 3 is 2.76 bits per heavy atom. The molecule has 1 aromatic carbocycles. The fourth-order valence-corrected chi connectivity index (χ4v) is 5.65. The van der Waals surface area contributed by atoms with Crippen LogP contribution in [0, 0.1) is 11.3 Å². The third kappa shape index (κ3) is 5.80. The Kier molecular flexibility index (Phi) is 7.76. The van der Waals surface area contributed by atoms with Gasteiger partial charge in [0.15, 0.2) is 11.0 Å². The second-order valence-electron chi connectivity index (χ2n) is 8.88. The number of rotatable bonds is 9. The van der Waals surface area contributed by atoms with Crippen LogP contribution in [0.2, 0.25) is 0 Å². The first kappa shape index (κ1) is 23.4. The van der Waals surface area contributed by atoms with Crippen LogP contribution in [0.5, 0.6) is 5.75 Å². The zero-order valence-electron chi connectivity index (χ0n) is 19.2. The Hall–Kier alpha value is -2.73. The molecule has 2 saturated carbocycles. The van der Waals surface area contributed by atoms with Gasteiger partial charge in [-0.15, -0.1) is 10.2 Å². The number of hydrogen-bond acceptors (Lipinski definition) is 7. The van der Waals surface area contributed by atoms with Crippen LogP contribution in [0.3, 0.4) is 0 Å². The molecule has 0 atom stereocenters. The quantitative estimate of drug-likeness (QED) is 0.524. The average molecular weight is 469 g/mol. The van der Waals surface area contributed by atoms with Gasteiger partial charge in [0.05, 0.1) is 25.5 Å². The number of carbonyl (C=O) groups is 1. The highest BCUT2D eigenvalue weighted by Gasteiger charge is 2.35. The van der Waals surface area contributed by atoms with E-state index in [2.05, 4.69) is 31.5 Å². The molecule has 2 aliphatic rings. The minimum atomic E-state index is -0.694. The number of methoxy groups -OCH3 is 1. The van der Waals surface area contributed by atoms with E-state index in [1.807, 2.05) is 24.3 Å². The standard InChI is InChI=1S/C24H32N6O2S/c1-32-20-11-7-8-18(14-20)26-15-21-28-29-23(30(21)19-9-3-2-4-10-19)33-16-22(31)27-24(17-25)12-5-6-13-24/h7-8,11,14,19,26H,2-6,9-10,12-13,15-16H2,1H3,(H,27,31). The molecule has 0 radical (unpaired) electrons. The fraction of sp³-hybridized carbons (Fsp3) is 0.583. The van der Waals surface area contributed by atoms with Gasteiger partial charge < -0.3 is 19.9 Å². The van der Waals surface area contributed by atoms with Gasteiger partial charge in [-0.3, -0.25) is 4.79 Å². The van der Waals surface area contributed by atoms with Crippen molar-refractivity contribution in [2.45, 2.75) is 81.1 Å². The molecule has 1 aromatic heterocycles. The molecule has 1 amide bonds. The van der Waals surface area contributed by atoms with Crippen molar-refractivity contribution in [3.05, 3.63) is 30.1 Å². The number of nitrogens with one attached hydrogen (secondary N) is 2. The number of anilines is 1. The largest absolute Gasteiger partial charge is 0.497 e. The molecule has 176 valence electrons. The van der Waals surface area contributed by atoms with Gasteiger partial charge in [0.2, 0.25) is 5.91 Å². The predicted molar refractivity (Wildman–Crippen MR) is 128 cm³/mol. The Labute approximate surface area is 199 Å². The van der Waals surface area contributed by atoms with Gasteiger partial charge in [-0.2, -0.15) is 5.26 Å². The van der Waals surface area contributed by atoms with E-state index >= 15 is 0 Å². The van der Waals surface area contributed by atoms with Crippen LogP contribution in [0.15, 0.2) is 29.4 Å². The van der Waals surface area contributed by atoms with Crippen molar-refractivity contribution >= 4 is 23.4 Å². The third-order valence-corrected chi connectivity index (χ3v) is 7.52. The summed E-state index contributed by atoms with van der Waals surface area (Å²) in [5, 5.41) is 25.6. The molecule has 0 bridgehead atoms. The summed E-state index contributed by atoms with van der Waals surface area (Å²) in [7, 11) is 1.66. The molecule has 8 nitrogen and oxygen atoms in total. The van der Waals surface area contributed by atoms with Gasteiger partial charge in [0, 0.05) is 17.8 Å². The lowest BCUT2D eigenvalue weighted by Crippen LogP contribution is -2.45. The van der Waals surface area contributed by atoms with Crippen LogP contribution in [0.1, 0.15) is 69.7 Å². The first-order chi connectivity index (χ1) is 16.1. The molecule has 2 aromatic rings. The molecule has 0 aliphatic heterocycles. The monoisotopic (exact) mass is 468 g/mol. The van der Waals surface area contributed by atoms with Crippen LogP contribution in [-0.4, -0.2) is 39.1 Å². The first-order valence-electron chi connectivity index (χ1n) is 11.8. The number of ether oxygens (including phenoxy) is 1. The molecular weight excluding hydrogens is 436 g/mol. The molecule has 2 aliphatic carbocycles. The Bertz CT molecular complexity index is 989. The zero-order chi connectivity index (χ0) is 23.1. The van der Waals surface area contributed by atoms with E-state index in [1.165, 1.54) is 31.0 Å². The number of nitrogens with zero attached hydrogens (tertiary/aromatic N) is 4. The van der Waals surface area contributed by atoms with Gasteiger partial charge in [0.1, 0.15) is 11.3 Å². The van der Waals surface area contributed by atoms with Crippen molar-refractivity contribution in [1.29, 1.82) is 5.26 Å². The van der Waals surface area contributed by atoms with Crippen LogP contribution in [0.4, 0.5) is 5.69 Å². The van der Waals surface area contributed by atoms with Crippen LogP contribution < -0.4 is 15.4 Å². The zero-order valence-corrected chi connectivity index (χ0v) is 20.0. The lowest BCUT2D eigenvalue weighted by Gasteiger charge is -2.26. The molecule has 0 unspecified atom stereocenters. The van der Waals surface area contributed by atoms with E-state index in [9.17, 15) is 10.1 Å². The normalized spacial score (nSPS) is 17.9. The van der Waals surface area contributed by atoms with Crippen molar-refractivity contribution < 1.29 is 9.53 Å². The summed E-state index contributed by atoms with van der Waals surface area (Å²) in [6.45, 7) is 0.543. The maximum atomic E-state index is 12.6. The molecular formula is C24H32N6O2S. The second-order valence-corrected chi connectivity index (χ2v) is 9.83. The molecule has 33 heavy (non-hydrogen) atoms. The summed E-state index contributed by atoms with van der Waals surface area (Å²) in [6, 6.07) is 10.5. The lowest BCUT2D eigenvalue weighted by atomic mass is 9.95. The van der Waals surface area contributed by atoms with E-state index < -0.39 is 5.54 Å². The van der Waals surface area contributed by atoms with E-state index in [-0.39, 0.29) is 11.7 Å². The van der Waals surface area contributed by atoms with E-state index in [4.69, 9.17) is 4.74 Å². The molecule has 0 saturated heterocycles. The summed E-state index contributed by atoms with van der Waals surface area (Å²) >= 11 is 1.41. The maximum absolute atomic E-state index is 12.6. The number of thioether (sulfide) groups is 1. The molecule has 9 heteroatoms. The van der Waals surface area contributed by atoms with Gasteiger partial charge in [-0.1, -0.05) is 37.1 Å². The van der Waals surface area contributed by atoms with Gasteiger partial charge in [-0.05, 0) is 50.7 Å². The minimum Gasteiger partial charge on any atom is -0.497 e. The summed E-state index contributed by atoms with van der Waals surface area (Å²) in [6.07, 6.45) is 9.29. The summed E-state index contributed by atoms with van der Waals surface area (Å²) < 4.78 is 7.53. The third-order valence-electron chi connectivity index (χ3n) is 6.58. The second kappa shape index (κ2) is 10.9. The molecule has 2 fully saturated rings. The Morgan fingerprint density at radius 1 is 1.24 bits per heavy atom. The smallest absolute Gasteiger partial charge is 0.231 e. The van der Waals surface area contributed by atoms with Crippen molar-refractivity contribution in [3.8, 4) is 11.8 Å². The number of nitriles is 1. The van der Waals surface area contributed by atoms with Gasteiger partial charge >= 0.3 is 0 Å². The van der Waals surface area contributed by atoms with Gasteiger partial charge in [-0.25, -0.2) is 0 Å². The number of carbonyl (C=O) groups excluding carboxylic acids is 1. The summed E-state index contributed by atoms with van der Waals surface area (Å²) in [4.78, 5) is 12.6. The number of amides is 1. The van der Waals surface area contributed by atoms with Crippen molar-refractivity contribution in [1.82, 2.24) is 20.1 Å². The van der Waals surface area contributed by atoms with Crippen LogP contribution in [-0.2, 0) is 11.3 Å². The Morgan fingerprint density at radius 2 is 2.03 bits per heavy atom. The molecule has 0 spiro atoms. The minimum absolute atomic E-state index is 0.113. The highest BCUT2D eigenvalue weighted by molar-refractivity contribution is 7.99. The van der Waals surface area contributed by atoms with Crippen LogP contribution >= 0.6 is 11.8 Å². The highest BCUT2D eigenvalue weighted by atomic mass is 32.2. The Balaban J connectivity index is 1.45. The summed E-state index contributed by atoms with van der Waals surface area (Å²) in [5.74, 6) is 1.79. The van der Waals surface area contributed by atoms with E-state index in [0.29, 0.717) is 12.6 Å². The number of hydrogen-bond donors (Lipinski definition) is 2. The SMILES string of the molecule is COc1cccc(NCc2nnc(SCC(=O)NC3(C#N)CCCC3)n2C2CCCCC2)c1. The maximum Gasteiger partial charge on any atom is 0.231 e. The average Bonchev–Trinajstić information content (AvgIpc) is 3.49. The fourth-order valence-electron chi connectivity index (χ4n) is 4.82. The van der Waals surface area contributed by atoms with Crippen molar-refractivity contribution in [2.75, 3.05) is 18.2 Å². The molecule has 4 rings (SSSR count). The molecule has 1 heterocycles.